The quantitative estimate of drug-likeness (QED) is 0.896. The summed E-state index contributed by atoms with van der Waals surface area (Å²) >= 11 is 0. The Kier molecular flexibility index (Phi) is 5.67. The molecule has 2 rings (SSSR count). The third-order valence-corrected chi connectivity index (χ3v) is 4.54. The van der Waals surface area contributed by atoms with Gasteiger partial charge in [0.05, 0.1) is 17.9 Å². The summed E-state index contributed by atoms with van der Waals surface area (Å²) in [5, 5.41) is 3.33. The average molecular weight is 294 g/mol. The lowest BCUT2D eigenvalue weighted by atomic mass is 9.97. The highest BCUT2D eigenvalue weighted by atomic mass is 19.1. The van der Waals surface area contributed by atoms with Crippen LogP contribution < -0.4 is 5.32 Å². The molecule has 2 heterocycles. The zero-order valence-corrected chi connectivity index (χ0v) is 13.5. The molecule has 0 bridgehead atoms. The molecule has 1 fully saturated rings. The molecule has 1 aliphatic heterocycles. The van der Waals surface area contributed by atoms with Gasteiger partial charge in [0.25, 0.3) is 0 Å². The molecule has 0 radical (unpaired) electrons. The van der Waals surface area contributed by atoms with Gasteiger partial charge in [-0.25, -0.2) is 4.39 Å². The Morgan fingerprint density at radius 1 is 1.43 bits per heavy atom. The van der Waals surface area contributed by atoms with Crippen LogP contribution in [0.15, 0.2) is 18.3 Å². The topological polar surface area (TPSA) is 31.4 Å². The van der Waals surface area contributed by atoms with E-state index in [1.54, 1.807) is 6.07 Å². The summed E-state index contributed by atoms with van der Waals surface area (Å²) in [7, 11) is 4.13. The Balaban J connectivity index is 1.97. The highest BCUT2D eigenvalue weighted by Crippen LogP contribution is 2.22. The Morgan fingerprint density at radius 2 is 2.19 bits per heavy atom. The van der Waals surface area contributed by atoms with E-state index in [4.69, 9.17) is 0 Å². The van der Waals surface area contributed by atoms with Crippen molar-refractivity contribution >= 4 is 0 Å². The van der Waals surface area contributed by atoms with Crippen LogP contribution >= 0.6 is 0 Å². The molecule has 5 heteroatoms. The smallest absolute Gasteiger partial charge is 0.141 e. The second-order valence-corrected chi connectivity index (χ2v) is 6.23. The molecular weight excluding hydrogens is 267 g/mol. The van der Waals surface area contributed by atoms with Gasteiger partial charge in [0, 0.05) is 32.2 Å². The molecular formula is C16H27FN4. The molecule has 0 amide bonds. The summed E-state index contributed by atoms with van der Waals surface area (Å²) in [5.74, 6) is 0.137. The van der Waals surface area contributed by atoms with Gasteiger partial charge in [0.1, 0.15) is 5.82 Å². The fraction of sp³-hybridized carbons (Fsp3) is 0.688. The molecule has 118 valence electrons. The zero-order valence-electron chi connectivity index (χ0n) is 13.5. The van der Waals surface area contributed by atoms with Crippen molar-refractivity contribution in [3.63, 3.8) is 0 Å². The number of nitrogens with zero attached hydrogens (tertiary/aromatic N) is 3. The molecule has 0 aromatic carbocycles. The Labute approximate surface area is 127 Å². The van der Waals surface area contributed by atoms with Crippen molar-refractivity contribution in [2.45, 2.75) is 25.9 Å². The predicted octanol–water partition coefficient (Wildman–Crippen LogP) is 1.75. The SMILES string of the molecule is CNC(c1ccc(F)cn1)C(C)CN1CCN(C)C(C)C1. The summed E-state index contributed by atoms with van der Waals surface area (Å²) < 4.78 is 13.0. The van der Waals surface area contributed by atoms with E-state index in [1.165, 1.54) is 12.3 Å². The van der Waals surface area contributed by atoms with Crippen molar-refractivity contribution in [2.24, 2.45) is 5.92 Å². The number of aromatic nitrogens is 1. The minimum absolute atomic E-state index is 0.153. The van der Waals surface area contributed by atoms with E-state index < -0.39 is 0 Å². The summed E-state index contributed by atoms with van der Waals surface area (Å²) in [6.07, 6.45) is 1.30. The summed E-state index contributed by atoms with van der Waals surface area (Å²) in [5.41, 5.74) is 0.911. The van der Waals surface area contributed by atoms with Gasteiger partial charge in [0.15, 0.2) is 0 Å². The molecule has 0 spiro atoms. The minimum Gasteiger partial charge on any atom is -0.311 e. The normalized spacial score (nSPS) is 24.0. The third-order valence-electron chi connectivity index (χ3n) is 4.54. The van der Waals surface area contributed by atoms with Gasteiger partial charge in [-0.05, 0) is 39.1 Å². The van der Waals surface area contributed by atoms with Crippen molar-refractivity contribution in [3.8, 4) is 0 Å². The van der Waals surface area contributed by atoms with E-state index in [0.717, 1.165) is 31.9 Å². The summed E-state index contributed by atoms with van der Waals surface area (Å²) in [6, 6.07) is 4.01. The van der Waals surface area contributed by atoms with Gasteiger partial charge in [-0.15, -0.1) is 0 Å². The number of nitrogens with one attached hydrogen (secondary N) is 1. The third kappa shape index (κ3) is 4.22. The van der Waals surface area contributed by atoms with Gasteiger partial charge in [0.2, 0.25) is 0 Å². The first kappa shape index (κ1) is 16.3. The molecule has 0 aliphatic carbocycles. The first-order valence-electron chi connectivity index (χ1n) is 7.72. The molecule has 1 aromatic rings. The molecule has 1 saturated heterocycles. The fourth-order valence-corrected chi connectivity index (χ4v) is 3.10. The predicted molar refractivity (Wildman–Crippen MR) is 83.7 cm³/mol. The second-order valence-electron chi connectivity index (χ2n) is 6.23. The minimum atomic E-state index is -0.283. The van der Waals surface area contributed by atoms with Gasteiger partial charge >= 0.3 is 0 Å². The van der Waals surface area contributed by atoms with Crippen LogP contribution in [-0.2, 0) is 0 Å². The van der Waals surface area contributed by atoms with Gasteiger partial charge in [-0.2, -0.15) is 0 Å². The van der Waals surface area contributed by atoms with Crippen molar-refractivity contribution in [1.82, 2.24) is 20.1 Å². The van der Waals surface area contributed by atoms with Gasteiger partial charge in [-0.3, -0.25) is 4.98 Å². The number of rotatable bonds is 5. The first-order chi connectivity index (χ1) is 10.0. The Morgan fingerprint density at radius 3 is 2.76 bits per heavy atom. The molecule has 4 nitrogen and oxygen atoms in total. The average Bonchev–Trinajstić information content (AvgIpc) is 2.46. The summed E-state index contributed by atoms with van der Waals surface area (Å²) in [6.45, 7) is 8.87. The van der Waals surface area contributed by atoms with Crippen molar-refractivity contribution in [2.75, 3.05) is 40.3 Å². The number of likely N-dealkylation sites (N-methyl/N-ethyl adjacent to an activating group) is 1. The van der Waals surface area contributed by atoms with E-state index in [2.05, 4.69) is 41.0 Å². The monoisotopic (exact) mass is 294 g/mol. The van der Waals surface area contributed by atoms with Crippen LogP contribution in [-0.4, -0.2) is 61.1 Å². The maximum absolute atomic E-state index is 13.0. The van der Waals surface area contributed by atoms with Gasteiger partial charge < -0.3 is 15.1 Å². The van der Waals surface area contributed by atoms with Crippen LogP contribution in [0.2, 0.25) is 0 Å². The number of halogens is 1. The Hall–Kier alpha value is -1.04. The lowest BCUT2D eigenvalue weighted by molar-refractivity contribution is 0.0888. The number of piperazine rings is 1. The highest BCUT2D eigenvalue weighted by Gasteiger charge is 2.25. The van der Waals surface area contributed by atoms with Gasteiger partial charge in [-0.1, -0.05) is 6.92 Å². The van der Waals surface area contributed by atoms with E-state index in [1.807, 2.05) is 7.05 Å². The van der Waals surface area contributed by atoms with Crippen LogP contribution in [0.5, 0.6) is 0 Å². The van der Waals surface area contributed by atoms with E-state index in [-0.39, 0.29) is 11.9 Å². The number of hydrogen-bond acceptors (Lipinski definition) is 4. The number of hydrogen-bond donors (Lipinski definition) is 1. The first-order valence-corrected chi connectivity index (χ1v) is 7.72. The van der Waals surface area contributed by atoms with Crippen molar-refractivity contribution in [1.29, 1.82) is 0 Å². The largest absolute Gasteiger partial charge is 0.311 e. The zero-order chi connectivity index (χ0) is 15.4. The second kappa shape index (κ2) is 7.29. The molecule has 1 aliphatic rings. The standard InChI is InChI=1S/C16H27FN4/c1-12(10-21-8-7-20(4)13(2)11-21)16(18-3)15-6-5-14(17)9-19-15/h5-6,9,12-13,16,18H,7-8,10-11H2,1-4H3. The van der Waals surface area contributed by atoms with Crippen molar-refractivity contribution in [3.05, 3.63) is 29.8 Å². The van der Waals surface area contributed by atoms with Crippen LogP contribution in [0, 0.1) is 11.7 Å². The molecule has 21 heavy (non-hydrogen) atoms. The van der Waals surface area contributed by atoms with Crippen molar-refractivity contribution < 1.29 is 4.39 Å². The van der Waals surface area contributed by atoms with Crippen LogP contribution in [0.1, 0.15) is 25.6 Å². The van der Waals surface area contributed by atoms with E-state index in [9.17, 15) is 4.39 Å². The highest BCUT2D eigenvalue weighted by molar-refractivity contribution is 5.11. The molecule has 1 aromatic heterocycles. The number of pyridine rings is 1. The lowest BCUT2D eigenvalue weighted by Gasteiger charge is -2.39. The maximum atomic E-state index is 13.0. The van der Waals surface area contributed by atoms with E-state index >= 15 is 0 Å². The van der Waals surface area contributed by atoms with Crippen LogP contribution in [0.3, 0.4) is 0 Å². The molecule has 1 N–H and O–H groups in total. The molecule has 3 unspecified atom stereocenters. The molecule has 0 saturated carbocycles. The summed E-state index contributed by atoms with van der Waals surface area (Å²) in [4.78, 5) is 9.14. The van der Waals surface area contributed by atoms with E-state index in [0.29, 0.717) is 12.0 Å². The molecule has 3 atom stereocenters. The Bertz CT molecular complexity index is 436. The maximum Gasteiger partial charge on any atom is 0.141 e. The van der Waals surface area contributed by atoms with Crippen LogP contribution in [0.4, 0.5) is 4.39 Å². The van der Waals surface area contributed by atoms with Crippen LogP contribution in [0.25, 0.3) is 0 Å². The lowest BCUT2D eigenvalue weighted by Crippen LogP contribution is -2.51. The fourth-order valence-electron chi connectivity index (χ4n) is 3.10.